The van der Waals surface area contributed by atoms with Crippen LogP contribution in [0.15, 0.2) is 48.5 Å². The number of carbonyl (C=O) groups excluding carboxylic acids is 1. The Kier molecular flexibility index (Phi) is 5.54. The van der Waals surface area contributed by atoms with E-state index >= 15 is 0 Å². The van der Waals surface area contributed by atoms with E-state index in [2.05, 4.69) is 4.90 Å². The highest BCUT2D eigenvalue weighted by atomic mass is 35.5. The molecule has 1 aliphatic heterocycles. The van der Waals surface area contributed by atoms with E-state index in [-0.39, 0.29) is 11.7 Å². The third-order valence-electron chi connectivity index (χ3n) is 4.60. The van der Waals surface area contributed by atoms with Crippen LogP contribution in [0.25, 0.3) is 0 Å². The van der Waals surface area contributed by atoms with Gasteiger partial charge in [0.15, 0.2) is 0 Å². The maximum atomic E-state index is 12.6. The summed E-state index contributed by atoms with van der Waals surface area (Å²) in [6, 6.07) is 15.3. The van der Waals surface area contributed by atoms with Gasteiger partial charge >= 0.3 is 0 Å². The maximum absolute atomic E-state index is 12.6. The van der Waals surface area contributed by atoms with Gasteiger partial charge in [0, 0.05) is 25.4 Å². The van der Waals surface area contributed by atoms with Gasteiger partial charge in [-0.2, -0.15) is 0 Å². The molecule has 126 valence electrons. The Bertz CT molecular complexity index is 702. The number of hydrogen-bond acceptors (Lipinski definition) is 3. The molecule has 1 saturated heterocycles. The van der Waals surface area contributed by atoms with Crippen LogP contribution in [0.4, 0.5) is 0 Å². The molecule has 1 N–H and O–H groups in total. The third kappa shape index (κ3) is 4.37. The number of likely N-dealkylation sites (tertiary alicyclic amines) is 1. The van der Waals surface area contributed by atoms with E-state index in [9.17, 15) is 9.90 Å². The van der Waals surface area contributed by atoms with Crippen LogP contribution in [0, 0.1) is 5.92 Å². The lowest BCUT2D eigenvalue weighted by molar-refractivity contribution is -0.123. The smallest absolute Gasteiger partial charge is 0.141 e. The Morgan fingerprint density at radius 2 is 1.96 bits per heavy atom. The van der Waals surface area contributed by atoms with Crippen molar-refractivity contribution in [2.24, 2.45) is 5.92 Å². The van der Waals surface area contributed by atoms with Gasteiger partial charge in [-0.1, -0.05) is 48.0 Å². The van der Waals surface area contributed by atoms with Gasteiger partial charge in [0.25, 0.3) is 0 Å². The summed E-state index contributed by atoms with van der Waals surface area (Å²) in [6.07, 6.45) is 2.53. The second-order valence-electron chi connectivity index (χ2n) is 6.49. The van der Waals surface area contributed by atoms with Gasteiger partial charge in [0.1, 0.15) is 11.5 Å². The zero-order valence-corrected chi connectivity index (χ0v) is 14.4. The second kappa shape index (κ2) is 7.82. The highest BCUT2D eigenvalue weighted by Crippen LogP contribution is 2.26. The van der Waals surface area contributed by atoms with E-state index in [0.717, 1.165) is 43.6 Å². The number of nitrogens with zero attached hydrogens (tertiary/aromatic N) is 1. The SMILES string of the molecule is O=C(Cc1ccccc1)C1CCCN(Cc2ccc(O)c(Cl)c2)C1. The fourth-order valence-corrected chi connectivity index (χ4v) is 3.51. The van der Waals surface area contributed by atoms with Gasteiger partial charge in [-0.15, -0.1) is 0 Å². The molecule has 0 saturated carbocycles. The molecule has 24 heavy (non-hydrogen) atoms. The third-order valence-corrected chi connectivity index (χ3v) is 4.90. The van der Waals surface area contributed by atoms with Crippen LogP contribution < -0.4 is 0 Å². The van der Waals surface area contributed by atoms with Crippen molar-refractivity contribution in [1.82, 2.24) is 4.90 Å². The van der Waals surface area contributed by atoms with Crippen molar-refractivity contribution < 1.29 is 9.90 Å². The highest BCUT2D eigenvalue weighted by Gasteiger charge is 2.25. The van der Waals surface area contributed by atoms with Crippen molar-refractivity contribution in [3.05, 3.63) is 64.7 Å². The molecule has 0 amide bonds. The molecule has 1 aliphatic rings. The molecule has 2 aromatic rings. The van der Waals surface area contributed by atoms with E-state index < -0.39 is 0 Å². The molecule has 4 heteroatoms. The topological polar surface area (TPSA) is 40.5 Å². The van der Waals surface area contributed by atoms with Crippen LogP contribution in [0.1, 0.15) is 24.0 Å². The number of phenolic OH excluding ortho intramolecular Hbond substituents is 1. The Balaban J connectivity index is 1.59. The Labute approximate surface area is 147 Å². The predicted octanol–water partition coefficient (Wildman–Crippen LogP) is 4.07. The van der Waals surface area contributed by atoms with Crippen molar-refractivity contribution >= 4 is 17.4 Å². The van der Waals surface area contributed by atoms with E-state index in [1.807, 2.05) is 36.4 Å². The van der Waals surface area contributed by atoms with E-state index in [1.165, 1.54) is 0 Å². The molecule has 0 aliphatic carbocycles. The van der Waals surface area contributed by atoms with Crippen molar-refractivity contribution in [1.29, 1.82) is 0 Å². The highest BCUT2D eigenvalue weighted by molar-refractivity contribution is 6.32. The Morgan fingerprint density at radius 1 is 1.17 bits per heavy atom. The van der Waals surface area contributed by atoms with E-state index in [4.69, 9.17) is 11.6 Å². The molecule has 0 spiro atoms. The number of ketones is 1. The van der Waals surface area contributed by atoms with Crippen molar-refractivity contribution in [3.63, 3.8) is 0 Å². The van der Waals surface area contributed by atoms with Gasteiger partial charge in [-0.05, 0) is 42.6 Å². The minimum absolute atomic E-state index is 0.103. The van der Waals surface area contributed by atoms with Gasteiger partial charge in [0.2, 0.25) is 0 Å². The minimum atomic E-state index is 0.103. The quantitative estimate of drug-likeness (QED) is 0.889. The number of piperidine rings is 1. The summed E-state index contributed by atoms with van der Waals surface area (Å²) >= 11 is 5.98. The maximum Gasteiger partial charge on any atom is 0.141 e. The van der Waals surface area contributed by atoms with Crippen LogP contribution in [-0.2, 0) is 17.8 Å². The van der Waals surface area contributed by atoms with Gasteiger partial charge in [-0.25, -0.2) is 0 Å². The molecule has 3 rings (SSSR count). The first kappa shape index (κ1) is 17.0. The van der Waals surface area contributed by atoms with Crippen LogP contribution in [-0.4, -0.2) is 28.9 Å². The first-order valence-electron chi connectivity index (χ1n) is 8.38. The summed E-state index contributed by atoms with van der Waals surface area (Å²) < 4.78 is 0. The number of rotatable bonds is 5. The second-order valence-corrected chi connectivity index (χ2v) is 6.90. The molecule has 1 unspecified atom stereocenters. The zero-order valence-electron chi connectivity index (χ0n) is 13.6. The van der Waals surface area contributed by atoms with Gasteiger partial charge in [0.05, 0.1) is 5.02 Å². The van der Waals surface area contributed by atoms with Crippen molar-refractivity contribution in [3.8, 4) is 5.75 Å². The van der Waals surface area contributed by atoms with Crippen molar-refractivity contribution in [2.45, 2.75) is 25.8 Å². The molecule has 1 atom stereocenters. The van der Waals surface area contributed by atoms with Gasteiger partial charge < -0.3 is 5.11 Å². The molecule has 2 aromatic carbocycles. The van der Waals surface area contributed by atoms with Crippen LogP contribution >= 0.6 is 11.6 Å². The first-order valence-corrected chi connectivity index (χ1v) is 8.76. The lowest BCUT2D eigenvalue weighted by atomic mass is 9.90. The van der Waals surface area contributed by atoms with Crippen LogP contribution in [0.2, 0.25) is 5.02 Å². The summed E-state index contributed by atoms with van der Waals surface area (Å²) in [5.41, 5.74) is 2.15. The number of Topliss-reactive ketones (excluding diaryl/α,β-unsaturated/α-hetero) is 1. The molecular weight excluding hydrogens is 322 g/mol. The molecular formula is C20H22ClNO2. The molecule has 0 bridgehead atoms. The lowest BCUT2D eigenvalue weighted by Gasteiger charge is -2.32. The summed E-state index contributed by atoms with van der Waals surface area (Å²) in [4.78, 5) is 14.9. The normalized spacial score (nSPS) is 18.5. The summed E-state index contributed by atoms with van der Waals surface area (Å²) in [5.74, 6) is 0.538. The number of hydrogen-bond donors (Lipinski definition) is 1. The van der Waals surface area contributed by atoms with E-state index in [0.29, 0.717) is 17.2 Å². The fourth-order valence-electron chi connectivity index (χ4n) is 3.31. The molecule has 1 heterocycles. The minimum Gasteiger partial charge on any atom is -0.506 e. The van der Waals surface area contributed by atoms with Crippen LogP contribution in [0.5, 0.6) is 5.75 Å². The molecule has 0 aromatic heterocycles. The fraction of sp³-hybridized carbons (Fsp3) is 0.350. The molecule has 3 nitrogen and oxygen atoms in total. The lowest BCUT2D eigenvalue weighted by Crippen LogP contribution is -2.38. The number of halogens is 1. The Morgan fingerprint density at radius 3 is 2.71 bits per heavy atom. The Hall–Kier alpha value is -1.84. The average molecular weight is 344 g/mol. The van der Waals surface area contributed by atoms with Crippen molar-refractivity contribution in [2.75, 3.05) is 13.1 Å². The molecule has 0 radical (unpaired) electrons. The largest absolute Gasteiger partial charge is 0.506 e. The van der Waals surface area contributed by atoms with Crippen LogP contribution in [0.3, 0.4) is 0 Å². The summed E-state index contributed by atoms with van der Waals surface area (Å²) in [6.45, 7) is 2.55. The van der Waals surface area contributed by atoms with E-state index in [1.54, 1.807) is 12.1 Å². The standard InChI is InChI=1S/C20H22ClNO2/c21-18-11-16(8-9-19(18)23)13-22-10-4-7-17(14-22)20(24)12-15-5-2-1-3-6-15/h1-3,5-6,8-9,11,17,23H,4,7,10,12-14H2. The summed E-state index contributed by atoms with van der Waals surface area (Å²) in [7, 11) is 0. The number of benzene rings is 2. The molecule has 1 fully saturated rings. The summed E-state index contributed by atoms with van der Waals surface area (Å²) in [5, 5.41) is 9.89. The average Bonchev–Trinajstić information content (AvgIpc) is 2.59. The number of phenols is 1. The van der Waals surface area contributed by atoms with Gasteiger partial charge in [-0.3, -0.25) is 9.69 Å². The number of carbonyl (C=O) groups is 1. The number of aromatic hydroxyl groups is 1. The zero-order chi connectivity index (χ0) is 16.9. The predicted molar refractivity (Wildman–Crippen MR) is 96.3 cm³/mol. The first-order chi connectivity index (χ1) is 11.6. The monoisotopic (exact) mass is 343 g/mol.